The van der Waals surface area contributed by atoms with Gasteiger partial charge in [0.05, 0.1) is 6.10 Å². The number of ketones is 1. The van der Waals surface area contributed by atoms with Gasteiger partial charge < -0.3 is 9.90 Å². The van der Waals surface area contributed by atoms with Gasteiger partial charge in [0.1, 0.15) is 5.78 Å². The molecule has 0 aromatic rings. The summed E-state index contributed by atoms with van der Waals surface area (Å²) >= 11 is 0. The van der Waals surface area contributed by atoms with E-state index in [-0.39, 0.29) is 11.9 Å². The van der Waals surface area contributed by atoms with Crippen LogP contribution in [-0.4, -0.2) is 17.0 Å². The highest BCUT2D eigenvalue weighted by Gasteiger charge is 1.99. The van der Waals surface area contributed by atoms with Crippen molar-refractivity contribution in [3.63, 3.8) is 0 Å². The summed E-state index contributed by atoms with van der Waals surface area (Å²) in [6.45, 7) is 3.44. The summed E-state index contributed by atoms with van der Waals surface area (Å²) in [4.78, 5) is 10.5. The molecule has 0 aromatic heterocycles. The van der Waals surface area contributed by atoms with E-state index in [0.29, 0.717) is 12.8 Å². The van der Waals surface area contributed by atoms with Gasteiger partial charge in [0, 0.05) is 6.42 Å². The first-order chi connectivity index (χ1) is 5.16. The highest BCUT2D eigenvalue weighted by Crippen LogP contribution is 2.02. The lowest BCUT2D eigenvalue weighted by molar-refractivity contribution is -0.117. The van der Waals surface area contributed by atoms with E-state index in [9.17, 15) is 4.79 Å². The highest BCUT2D eigenvalue weighted by atomic mass is 16.3. The van der Waals surface area contributed by atoms with Gasteiger partial charge in [0.15, 0.2) is 0 Å². The van der Waals surface area contributed by atoms with Gasteiger partial charge in [-0.3, -0.25) is 0 Å². The van der Waals surface area contributed by atoms with Crippen LogP contribution in [0.25, 0.3) is 0 Å². The average Bonchev–Trinajstić information content (AvgIpc) is 1.87. The Balaban J connectivity index is 3.31. The van der Waals surface area contributed by atoms with Crippen LogP contribution in [-0.2, 0) is 4.79 Å². The summed E-state index contributed by atoms with van der Waals surface area (Å²) in [5.74, 6) is 0.192. The van der Waals surface area contributed by atoms with Gasteiger partial charge in [-0.05, 0) is 26.7 Å². The Bertz CT molecular complexity index is 138. The zero-order chi connectivity index (χ0) is 8.69. The lowest BCUT2D eigenvalue weighted by Crippen LogP contribution is -2.02. The molecule has 1 N–H and O–H groups in total. The van der Waals surface area contributed by atoms with E-state index in [1.54, 1.807) is 13.0 Å². The summed E-state index contributed by atoms with van der Waals surface area (Å²) < 4.78 is 0. The summed E-state index contributed by atoms with van der Waals surface area (Å²) in [6, 6.07) is 0. The van der Waals surface area contributed by atoms with Crippen LogP contribution in [0.15, 0.2) is 12.2 Å². The van der Waals surface area contributed by atoms with Crippen LogP contribution in [0, 0.1) is 0 Å². The number of hydrogen-bond donors (Lipinski definition) is 1. The van der Waals surface area contributed by atoms with Crippen LogP contribution in [0.3, 0.4) is 0 Å². The van der Waals surface area contributed by atoms with Crippen LogP contribution in [0.2, 0.25) is 0 Å². The lowest BCUT2D eigenvalue weighted by atomic mass is 10.1. The second-order valence-corrected chi connectivity index (χ2v) is 2.69. The molecule has 0 spiro atoms. The van der Waals surface area contributed by atoms with Gasteiger partial charge in [0.25, 0.3) is 0 Å². The Labute approximate surface area is 67.9 Å². The minimum Gasteiger partial charge on any atom is -0.389 e. The van der Waals surface area contributed by atoms with Crippen LogP contribution in [0.5, 0.6) is 0 Å². The first kappa shape index (κ1) is 10.4. The molecular weight excluding hydrogens is 140 g/mol. The summed E-state index contributed by atoms with van der Waals surface area (Å²) in [5.41, 5.74) is 0. The second-order valence-electron chi connectivity index (χ2n) is 2.69. The van der Waals surface area contributed by atoms with Crippen LogP contribution in [0.1, 0.15) is 33.1 Å². The first-order valence-corrected chi connectivity index (χ1v) is 3.97. The largest absolute Gasteiger partial charge is 0.389 e. The zero-order valence-corrected chi connectivity index (χ0v) is 7.21. The van der Waals surface area contributed by atoms with E-state index in [2.05, 4.69) is 0 Å². The standard InChI is InChI=1S/C9H16O2/c1-3-5-9(11)7-4-6-8(2)10/h3,5,9,11H,4,6-7H2,1-2H3/b5-3+/t9-/m1/s1. The minimum absolute atomic E-state index is 0.192. The quantitative estimate of drug-likeness (QED) is 0.615. The molecule has 2 heteroatoms. The minimum atomic E-state index is -0.376. The number of rotatable bonds is 5. The molecule has 2 nitrogen and oxygen atoms in total. The third-order valence-electron chi connectivity index (χ3n) is 1.44. The monoisotopic (exact) mass is 156 g/mol. The molecule has 1 atom stereocenters. The Kier molecular flexibility index (Phi) is 5.75. The molecule has 0 saturated carbocycles. The van der Waals surface area contributed by atoms with Crippen molar-refractivity contribution < 1.29 is 9.90 Å². The Morgan fingerprint density at radius 2 is 2.27 bits per heavy atom. The van der Waals surface area contributed by atoms with E-state index < -0.39 is 0 Å². The van der Waals surface area contributed by atoms with E-state index in [1.807, 2.05) is 13.0 Å². The van der Waals surface area contributed by atoms with Gasteiger partial charge in [-0.25, -0.2) is 0 Å². The number of Topliss-reactive ketones (excluding diaryl/α,β-unsaturated/α-hetero) is 1. The second kappa shape index (κ2) is 6.10. The number of allylic oxidation sites excluding steroid dienone is 1. The molecule has 0 amide bonds. The molecule has 0 heterocycles. The van der Waals surface area contributed by atoms with Crippen molar-refractivity contribution in [3.05, 3.63) is 12.2 Å². The predicted octanol–water partition coefficient (Wildman–Crippen LogP) is 1.68. The maximum absolute atomic E-state index is 10.5. The topological polar surface area (TPSA) is 37.3 Å². The maximum Gasteiger partial charge on any atom is 0.129 e. The van der Waals surface area contributed by atoms with Crippen LogP contribution < -0.4 is 0 Å². The summed E-state index contributed by atoms with van der Waals surface area (Å²) in [6.07, 6.45) is 5.22. The van der Waals surface area contributed by atoms with Crippen molar-refractivity contribution in [3.8, 4) is 0 Å². The van der Waals surface area contributed by atoms with Crippen molar-refractivity contribution in [1.29, 1.82) is 0 Å². The van der Waals surface area contributed by atoms with Crippen molar-refractivity contribution in [2.75, 3.05) is 0 Å². The molecule has 0 aliphatic rings. The molecule has 0 unspecified atom stereocenters. The molecule has 0 fully saturated rings. The van der Waals surface area contributed by atoms with E-state index >= 15 is 0 Å². The van der Waals surface area contributed by atoms with Crippen molar-refractivity contribution in [2.45, 2.75) is 39.2 Å². The van der Waals surface area contributed by atoms with Gasteiger partial charge in [-0.2, -0.15) is 0 Å². The van der Waals surface area contributed by atoms with Gasteiger partial charge >= 0.3 is 0 Å². The Hall–Kier alpha value is -0.630. The first-order valence-electron chi connectivity index (χ1n) is 3.97. The number of carbonyl (C=O) groups is 1. The lowest BCUT2D eigenvalue weighted by Gasteiger charge is -2.02. The van der Waals surface area contributed by atoms with E-state index in [4.69, 9.17) is 5.11 Å². The molecule has 0 saturated heterocycles. The molecule has 64 valence electrons. The van der Waals surface area contributed by atoms with Crippen LogP contribution >= 0.6 is 0 Å². The number of aliphatic hydroxyl groups excluding tert-OH is 1. The summed E-state index contributed by atoms with van der Waals surface area (Å²) in [7, 11) is 0. The number of carbonyl (C=O) groups excluding carboxylic acids is 1. The molecule has 11 heavy (non-hydrogen) atoms. The molecule has 0 bridgehead atoms. The predicted molar refractivity (Wildman–Crippen MR) is 45.4 cm³/mol. The molecule has 0 rings (SSSR count). The SMILES string of the molecule is C/C=C/[C@@H](O)CCCC(C)=O. The number of hydrogen-bond acceptors (Lipinski definition) is 2. The highest BCUT2D eigenvalue weighted by molar-refractivity contribution is 5.75. The smallest absolute Gasteiger partial charge is 0.129 e. The molecular formula is C9H16O2. The molecule has 0 aliphatic carbocycles. The summed E-state index contributed by atoms with van der Waals surface area (Å²) in [5, 5.41) is 9.16. The van der Waals surface area contributed by atoms with E-state index in [1.165, 1.54) is 0 Å². The Morgan fingerprint density at radius 1 is 1.64 bits per heavy atom. The fourth-order valence-electron chi connectivity index (χ4n) is 0.879. The molecule has 0 radical (unpaired) electrons. The van der Waals surface area contributed by atoms with Crippen molar-refractivity contribution in [1.82, 2.24) is 0 Å². The van der Waals surface area contributed by atoms with Crippen LogP contribution in [0.4, 0.5) is 0 Å². The van der Waals surface area contributed by atoms with E-state index in [0.717, 1.165) is 6.42 Å². The van der Waals surface area contributed by atoms with Crippen molar-refractivity contribution >= 4 is 5.78 Å². The maximum atomic E-state index is 10.5. The Morgan fingerprint density at radius 3 is 2.73 bits per heavy atom. The molecule has 0 aliphatic heterocycles. The molecule has 0 aromatic carbocycles. The zero-order valence-electron chi connectivity index (χ0n) is 7.21. The number of aliphatic hydroxyl groups is 1. The average molecular weight is 156 g/mol. The van der Waals surface area contributed by atoms with Crippen molar-refractivity contribution in [2.24, 2.45) is 0 Å². The third kappa shape index (κ3) is 7.26. The van der Waals surface area contributed by atoms with Gasteiger partial charge in [0.2, 0.25) is 0 Å². The van der Waals surface area contributed by atoms with Gasteiger partial charge in [-0.1, -0.05) is 12.2 Å². The third-order valence-corrected chi connectivity index (χ3v) is 1.44. The van der Waals surface area contributed by atoms with Gasteiger partial charge in [-0.15, -0.1) is 0 Å². The fourth-order valence-corrected chi connectivity index (χ4v) is 0.879. The normalized spacial score (nSPS) is 13.7. The fraction of sp³-hybridized carbons (Fsp3) is 0.667.